The number of nitrogens with one attached hydrogen (secondary N) is 1. The quantitative estimate of drug-likeness (QED) is 0.687. The van der Waals surface area contributed by atoms with Gasteiger partial charge in [-0.2, -0.15) is 0 Å². The minimum Gasteiger partial charge on any atom is -0.338 e. The number of hydrogen-bond acceptors (Lipinski definition) is 3. The van der Waals surface area contributed by atoms with Crippen molar-refractivity contribution in [2.24, 2.45) is 13.0 Å². The van der Waals surface area contributed by atoms with Gasteiger partial charge in [-0.15, -0.1) is 0 Å². The van der Waals surface area contributed by atoms with E-state index in [2.05, 4.69) is 5.32 Å². The molecule has 1 saturated heterocycles. The fourth-order valence-electron chi connectivity index (χ4n) is 4.19. The number of carbonyl (C=O) groups is 2. The van der Waals surface area contributed by atoms with Gasteiger partial charge in [0.25, 0.3) is 11.5 Å². The standard InChI is InChI=1S/C25H28N4O3/c1-17-11-13-19(14-12-17)24(31)28-15-7-8-20(16-28)23(30)26-22-18(2)27(3)29(25(22)32)21-9-5-4-6-10-21/h4-6,9-14,20H,7-8,15-16H2,1-3H3,(H,26,30). The Balaban J connectivity index is 1.51. The van der Waals surface area contributed by atoms with Crippen LogP contribution in [0.1, 0.15) is 34.5 Å². The average molecular weight is 433 g/mol. The first-order valence-corrected chi connectivity index (χ1v) is 10.9. The molecule has 1 atom stereocenters. The molecule has 1 aliphatic rings. The van der Waals surface area contributed by atoms with Crippen molar-refractivity contribution in [3.63, 3.8) is 0 Å². The molecule has 3 aromatic rings. The van der Waals surface area contributed by atoms with Crippen molar-refractivity contribution < 1.29 is 9.59 Å². The number of para-hydroxylation sites is 1. The Morgan fingerprint density at radius 2 is 1.69 bits per heavy atom. The SMILES string of the molecule is Cc1ccc(C(=O)N2CCCC(C(=O)Nc3c(C)n(C)n(-c4ccccc4)c3=O)C2)cc1. The smallest absolute Gasteiger partial charge is 0.295 e. The van der Waals surface area contributed by atoms with Crippen LogP contribution in [-0.4, -0.2) is 39.2 Å². The van der Waals surface area contributed by atoms with Crippen molar-refractivity contribution in [1.82, 2.24) is 14.3 Å². The van der Waals surface area contributed by atoms with Crippen LogP contribution in [0.5, 0.6) is 0 Å². The van der Waals surface area contributed by atoms with Crippen LogP contribution in [0.25, 0.3) is 5.69 Å². The second kappa shape index (κ2) is 8.86. The summed E-state index contributed by atoms with van der Waals surface area (Å²) >= 11 is 0. The van der Waals surface area contributed by atoms with Crippen LogP contribution < -0.4 is 10.9 Å². The molecule has 1 aliphatic heterocycles. The Morgan fingerprint density at radius 3 is 2.38 bits per heavy atom. The number of nitrogens with zero attached hydrogens (tertiary/aromatic N) is 3. The van der Waals surface area contributed by atoms with Gasteiger partial charge in [-0.3, -0.25) is 19.1 Å². The van der Waals surface area contributed by atoms with E-state index in [-0.39, 0.29) is 29.0 Å². The molecule has 2 aromatic carbocycles. The normalized spacial score (nSPS) is 16.1. The van der Waals surface area contributed by atoms with Crippen LogP contribution in [0.2, 0.25) is 0 Å². The first-order chi connectivity index (χ1) is 15.4. The van der Waals surface area contributed by atoms with Gasteiger partial charge in [0.15, 0.2) is 0 Å². The predicted molar refractivity (Wildman–Crippen MR) is 124 cm³/mol. The summed E-state index contributed by atoms with van der Waals surface area (Å²) in [4.78, 5) is 40.8. The van der Waals surface area contributed by atoms with E-state index >= 15 is 0 Å². The lowest BCUT2D eigenvalue weighted by Gasteiger charge is -2.32. The third-order valence-corrected chi connectivity index (χ3v) is 6.18. The lowest BCUT2D eigenvalue weighted by molar-refractivity contribution is -0.121. The van der Waals surface area contributed by atoms with Gasteiger partial charge in [0, 0.05) is 25.7 Å². The van der Waals surface area contributed by atoms with E-state index in [9.17, 15) is 14.4 Å². The van der Waals surface area contributed by atoms with Gasteiger partial charge < -0.3 is 10.2 Å². The van der Waals surface area contributed by atoms with E-state index in [1.54, 1.807) is 21.3 Å². The second-order valence-electron chi connectivity index (χ2n) is 8.38. The van der Waals surface area contributed by atoms with Crippen molar-refractivity contribution in [3.8, 4) is 5.69 Å². The molecule has 0 aliphatic carbocycles. The Morgan fingerprint density at radius 1 is 1.00 bits per heavy atom. The summed E-state index contributed by atoms with van der Waals surface area (Å²) in [6.45, 7) is 4.76. The first-order valence-electron chi connectivity index (χ1n) is 10.9. The number of amides is 2. The number of piperidine rings is 1. The van der Waals surface area contributed by atoms with Gasteiger partial charge in [0.05, 0.1) is 17.3 Å². The first kappa shape index (κ1) is 21.6. The average Bonchev–Trinajstić information content (AvgIpc) is 3.02. The molecule has 0 spiro atoms. The molecule has 1 aromatic heterocycles. The van der Waals surface area contributed by atoms with Gasteiger partial charge in [0.1, 0.15) is 5.69 Å². The summed E-state index contributed by atoms with van der Waals surface area (Å²) in [5.74, 6) is -0.649. The van der Waals surface area contributed by atoms with Crippen LogP contribution in [0, 0.1) is 19.8 Å². The fourth-order valence-corrected chi connectivity index (χ4v) is 4.19. The summed E-state index contributed by atoms with van der Waals surface area (Å²) in [7, 11) is 1.79. The zero-order chi connectivity index (χ0) is 22.8. The van der Waals surface area contributed by atoms with Crippen molar-refractivity contribution >= 4 is 17.5 Å². The Kier molecular flexibility index (Phi) is 5.99. The van der Waals surface area contributed by atoms with Crippen molar-refractivity contribution in [3.05, 3.63) is 81.8 Å². The molecule has 0 saturated carbocycles. The van der Waals surface area contributed by atoms with Crippen LogP contribution >= 0.6 is 0 Å². The topological polar surface area (TPSA) is 76.3 Å². The van der Waals surface area contributed by atoms with Crippen LogP contribution in [-0.2, 0) is 11.8 Å². The van der Waals surface area contributed by atoms with E-state index in [0.29, 0.717) is 30.8 Å². The minimum absolute atomic E-state index is 0.0650. The molecule has 2 amide bonds. The number of likely N-dealkylation sites (tertiary alicyclic amines) is 1. The molecule has 4 rings (SSSR count). The van der Waals surface area contributed by atoms with E-state index in [1.807, 2.05) is 68.4 Å². The predicted octanol–water partition coefficient (Wildman–Crippen LogP) is 3.28. The van der Waals surface area contributed by atoms with E-state index in [1.165, 1.54) is 0 Å². The maximum absolute atomic E-state index is 13.1. The minimum atomic E-state index is -0.359. The van der Waals surface area contributed by atoms with E-state index in [4.69, 9.17) is 0 Å². The zero-order valence-corrected chi connectivity index (χ0v) is 18.7. The highest BCUT2D eigenvalue weighted by Crippen LogP contribution is 2.22. The third kappa shape index (κ3) is 4.10. The Bertz CT molecular complexity index is 1190. The summed E-state index contributed by atoms with van der Waals surface area (Å²) in [6.07, 6.45) is 1.43. The summed E-state index contributed by atoms with van der Waals surface area (Å²) in [5.41, 5.74) is 3.14. The van der Waals surface area contributed by atoms with Crippen LogP contribution in [0.3, 0.4) is 0 Å². The summed E-state index contributed by atoms with van der Waals surface area (Å²) in [6, 6.07) is 16.8. The van der Waals surface area contributed by atoms with Crippen molar-refractivity contribution in [2.75, 3.05) is 18.4 Å². The number of aryl methyl sites for hydroxylation is 1. The van der Waals surface area contributed by atoms with Crippen LogP contribution in [0.15, 0.2) is 59.4 Å². The summed E-state index contributed by atoms with van der Waals surface area (Å²) in [5, 5.41) is 2.85. The van der Waals surface area contributed by atoms with Crippen molar-refractivity contribution in [1.29, 1.82) is 0 Å². The van der Waals surface area contributed by atoms with E-state index in [0.717, 1.165) is 17.7 Å². The highest BCUT2D eigenvalue weighted by Gasteiger charge is 2.30. The number of benzene rings is 2. The van der Waals surface area contributed by atoms with Gasteiger partial charge in [-0.05, 0) is 51.0 Å². The van der Waals surface area contributed by atoms with E-state index < -0.39 is 0 Å². The van der Waals surface area contributed by atoms with Crippen LogP contribution in [0.4, 0.5) is 5.69 Å². The number of carbonyl (C=O) groups excluding carboxylic acids is 2. The highest BCUT2D eigenvalue weighted by atomic mass is 16.2. The second-order valence-corrected chi connectivity index (χ2v) is 8.38. The molecule has 0 bridgehead atoms. The maximum Gasteiger partial charge on any atom is 0.295 e. The molecular formula is C25H28N4O3. The molecule has 0 radical (unpaired) electrons. The number of aromatic nitrogens is 2. The molecule has 1 unspecified atom stereocenters. The zero-order valence-electron chi connectivity index (χ0n) is 18.7. The molecule has 1 N–H and O–H groups in total. The van der Waals surface area contributed by atoms with Gasteiger partial charge in [-0.1, -0.05) is 35.9 Å². The third-order valence-electron chi connectivity index (χ3n) is 6.18. The molecular weight excluding hydrogens is 404 g/mol. The molecule has 7 nitrogen and oxygen atoms in total. The Hall–Kier alpha value is -3.61. The number of anilines is 1. The number of hydrogen-bond donors (Lipinski definition) is 1. The lowest BCUT2D eigenvalue weighted by Crippen LogP contribution is -2.44. The van der Waals surface area contributed by atoms with Gasteiger partial charge in [-0.25, -0.2) is 4.68 Å². The molecule has 1 fully saturated rings. The summed E-state index contributed by atoms with van der Waals surface area (Å²) < 4.78 is 3.28. The Labute approximate surface area is 187 Å². The molecule has 2 heterocycles. The molecule has 32 heavy (non-hydrogen) atoms. The highest BCUT2D eigenvalue weighted by molar-refractivity contribution is 5.96. The lowest BCUT2D eigenvalue weighted by atomic mass is 9.96. The molecule has 7 heteroatoms. The van der Waals surface area contributed by atoms with Crippen molar-refractivity contribution in [2.45, 2.75) is 26.7 Å². The monoisotopic (exact) mass is 432 g/mol. The molecule has 166 valence electrons. The van der Waals surface area contributed by atoms with Gasteiger partial charge in [0.2, 0.25) is 5.91 Å². The van der Waals surface area contributed by atoms with Gasteiger partial charge >= 0.3 is 0 Å². The fraction of sp³-hybridized carbons (Fsp3) is 0.320. The largest absolute Gasteiger partial charge is 0.338 e. The maximum atomic E-state index is 13.1. The number of rotatable bonds is 4.